The summed E-state index contributed by atoms with van der Waals surface area (Å²) in [6.07, 6.45) is 10.7. The number of nitrogens with one attached hydrogen (secondary N) is 2. The van der Waals surface area contributed by atoms with Crippen LogP contribution in [0.3, 0.4) is 0 Å². The highest BCUT2D eigenvalue weighted by Crippen LogP contribution is 2.40. The Balaban J connectivity index is 1.43. The lowest BCUT2D eigenvalue weighted by molar-refractivity contribution is -0.121. The fraction of sp³-hybridized carbons (Fsp3) is 0.812. The molecule has 0 saturated heterocycles. The zero-order valence-electron chi connectivity index (χ0n) is 13.4. The van der Waals surface area contributed by atoms with Crippen molar-refractivity contribution in [3.8, 4) is 0 Å². The number of aryl methyl sites for hydroxylation is 1. The Morgan fingerprint density at radius 2 is 2.09 bits per heavy atom. The molecule has 122 valence electrons. The zero-order chi connectivity index (χ0) is 15.4. The monoisotopic (exact) mass is 305 g/mol. The van der Waals surface area contributed by atoms with E-state index in [0.717, 1.165) is 18.7 Å². The number of carbonyl (C=O) groups excluding carboxylic acids is 1. The van der Waals surface area contributed by atoms with Gasteiger partial charge in [-0.3, -0.25) is 9.48 Å². The third-order valence-corrected chi connectivity index (χ3v) is 4.80. The number of nitrogens with zero attached hydrogens (tertiary/aromatic N) is 3. The molecule has 3 rings (SSSR count). The van der Waals surface area contributed by atoms with Gasteiger partial charge in [0.2, 0.25) is 5.91 Å². The van der Waals surface area contributed by atoms with Crippen molar-refractivity contribution in [3.05, 3.63) is 12.2 Å². The summed E-state index contributed by atoms with van der Waals surface area (Å²) >= 11 is 0. The molecule has 1 atom stereocenters. The van der Waals surface area contributed by atoms with Gasteiger partial charge < -0.3 is 10.6 Å². The Hall–Kier alpha value is -1.43. The molecular weight excluding hydrogens is 278 g/mol. The van der Waals surface area contributed by atoms with Crippen LogP contribution < -0.4 is 10.6 Å². The largest absolute Gasteiger partial charge is 0.353 e. The first kappa shape index (κ1) is 15.5. The maximum atomic E-state index is 12.0. The third-order valence-electron chi connectivity index (χ3n) is 4.80. The number of rotatable bonds is 7. The number of carbonyl (C=O) groups is 1. The zero-order valence-corrected chi connectivity index (χ0v) is 13.4. The number of hydrogen-bond acceptors (Lipinski definition) is 4. The topological polar surface area (TPSA) is 71.8 Å². The highest BCUT2D eigenvalue weighted by atomic mass is 16.1. The van der Waals surface area contributed by atoms with E-state index in [2.05, 4.69) is 20.7 Å². The van der Waals surface area contributed by atoms with Gasteiger partial charge in [0, 0.05) is 26.1 Å². The van der Waals surface area contributed by atoms with Crippen molar-refractivity contribution in [2.45, 2.75) is 63.5 Å². The molecule has 6 heteroatoms. The first-order valence-corrected chi connectivity index (χ1v) is 8.60. The minimum absolute atomic E-state index is 0.173. The third kappa shape index (κ3) is 4.06. The fourth-order valence-electron chi connectivity index (χ4n) is 3.37. The van der Waals surface area contributed by atoms with E-state index in [0.29, 0.717) is 24.9 Å². The molecule has 2 aliphatic carbocycles. The summed E-state index contributed by atoms with van der Waals surface area (Å²) in [7, 11) is 1.93. The first-order valence-electron chi connectivity index (χ1n) is 8.60. The maximum Gasteiger partial charge on any atom is 0.221 e. The average Bonchev–Trinajstić information content (AvgIpc) is 3.27. The summed E-state index contributed by atoms with van der Waals surface area (Å²) < 4.78 is 1.83. The Kier molecular flexibility index (Phi) is 5.08. The van der Waals surface area contributed by atoms with Gasteiger partial charge >= 0.3 is 0 Å². The average molecular weight is 305 g/mol. The second-order valence-electron chi connectivity index (χ2n) is 6.66. The molecule has 2 saturated carbocycles. The van der Waals surface area contributed by atoms with Gasteiger partial charge in [0.25, 0.3) is 0 Å². The molecule has 0 spiro atoms. The first-order chi connectivity index (χ1) is 10.7. The van der Waals surface area contributed by atoms with Crippen LogP contribution in [0.2, 0.25) is 0 Å². The second-order valence-corrected chi connectivity index (χ2v) is 6.66. The molecule has 6 nitrogen and oxygen atoms in total. The van der Waals surface area contributed by atoms with Crippen molar-refractivity contribution in [2.24, 2.45) is 13.0 Å². The molecule has 1 aromatic rings. The van der Waals surface area contributed by atoms with E-state index in [9.17, 15) is 4.79 Å². The van der Waals surface area contributed by atoms with Gasteiger partial charge in [-0.25, -0.2) is 4.98 Å². The quantitative estimate of drug-likeness (QED) is 0.804. The van der Waals surface area contributed by atoms with E-state index in [4.69, 9.17) is 0 Å². The molecule has 2 fully saturated rings. The summed E-state index contributed by atoms with van der Waals surface area (Å²) in [6.45, 7) is 0.701. The van der Waals surface area contributed by atoms with Crippen LogP contribution in [-0.2, 0) is 11.8 Å². The minimum atomic E-state index is 0.173. The number of hydrogen-bond donors (Lipinski definition) is 2. The van der Waals surface area contributed by atoms with Gasteiger partial charge in [0.1, 0.15) is 12.2 Å². The summed E-state index contributed by atoms with van der Waals surface area (Å²) in [5.74, 6) is 1.80. The van der Waals surface area contributed by atoms with Crippen molar-refractivity contribution in [1.82, 2.24) is 25.4 Å². The van der Waals surface area contributed by atoms with E-state index in [-0.39, 0.29) is 11.9 Å². The molecule has 0 bridgehead atoms. The lowest BCUT2D eigenvalue weighted by atomic mass is 9.95. The van der Waals surface area contributed by atoms with Crippen LogP contribution in [0.4, 0.5) is 0 Å². The van der Waals surface area contributed by atoms with E-state index < -0.39 is 0 Å². The molecule has 2 aliphatic rings. The maximum absolute atomic E-state index is 12.0. The van der Waals surface area contributed by atoms with Crippen molar-refractivity contribution >= 4 is 5.91 Å². The minimum Gasteiger partial charge on any atom is -0.353 e. The van der Waals surface area contributed by atoms with Crippen LogP contribution in [0.1, 0.15) is 63.2 Å². The van der Waals surface area contributed by atoms with Gasteiger partial charge in [-0.15, -0.1) is 0 Å². The highest BCUT2D eigenvalue weighted by molar-refractivity contribution is 5.76. The molecule has 2 N–H and O–H groups in total. The summed E-state index contributed by atoms with van der Waals surface area (Å²) in [4.78, 5) is 16.4. The molecule has 0 aromatic carbocycles. The molecule has 1 amide bonds. The van der Waals surface area contributed by atoms with Crippen LogP contribution in [0.15, 0.2) is 6.33 Å². The van der Waals surface area contributed by atoms with Crippen LogP contribution in [0.5, 0.6) is 0 Å². The van der Waals surface area contributed by atoms with Gasteiger partial charge in [0.05, 0.1) is 6.04 Å². The number of aromatic nitrogens is 3. The molecule has 1 aromatic heterocycles. The molecule has 0 aliphatic heterocycles. The Morgan fingerprint density at radius 3 is 2.73 bits per heavy atom. The SMILES string of the molecule is Cn1ncnc1[C@@H](NCCC(=O)NC1CCCCC1)C1CC1. The highest BCUT2D eigenvalue weighted by Gasteiger charge is 2.34. The molecular formula is C16H27N5O. The summed E-state index contributed by atoms with van der Waals surface area (Å²) in [5.41, 5.74) is 0. The predicted molar refractivity (Wildman–Crippen MR) is 84.1 cm³/mol. The Labute approximate surface area is 132 Å². The fourth-order valence-corrected chi connectivity index (χ4v) is 3.37. The van der Waals surface area contributed by atoms with E-state index in [1.807, 2.05) is 11.7 Å². The van der Waals surface area contributed by atoms with Crippen molar-refractivity contribution < 1.29 is 4.79 Å². The summed E-state index contributed by atoms with van der Waals surface area (Å²) in [6, 6.07) is 0.634. The molecule has 0 unspecified atom stereocenters. The van der Waals surface area contributed by atoms with Crippen LogP contribution >= 0.6 is 0 Å². The predicted octanol–water partition coefficient (Wildman–Crippen LogP) is 1.69. The Morgan fingerprint density at radius 1 is 1.32 bits per heavy atom. The molecule has 0 radical (unpaired) electrons. The molecule has 1 heterocycles. The van der Waals surface area contributed by atoms with Crippen LogP contribution in [-0.4, -0.2) is 33.3 Å². The lowest BCUT2D eigenvalue weighted by Gasteiger charge is -2.23. The van der Waals surface area contributed by atoms with Crippen molar-refractivity contribution in [1.29, 1.82) is 0 Å². The van der Waals surface area contributed by atoms with E-state index in [1.54, 1.807) is 6.33 Å². The second kappa shape index (κ2) is 7.22. The van der Waals surface area contributed by atoms with E-state index >= 15 is 0 Å². The number of amides is 1. The van der Waals surface area contributed by atoms with Crippen LogP contribution in [0, 0.1) is 5.92 Å². The Bertz CT molecular complexity index is 490. The van der Waals surface area contributed by atoms with Crippen LogP contribution in [0.25, 0.3) is 0 Å². The van der Waals surface area contributed by atoms with Gasteiger partial charge in [-0.1, -0.05) is 19.3 Å². The van der Waals surface area contributed by atoms with Crippen molar-refractivity contribution in [3.63, 3.8) is 0 Å². The standard InChI is InChI=1S/C16H27N5O/c1-21-16(18-11-19-21)15(12-7-8-12)17-10-9-14(22)20-13-5-3-2-4-6-13/h11-13,15,17H,2-10H2,1H3,(H,20,22)/t15-/m0/s1. The van der Waals surface area contributed by atoms with E-state index in [1.165, 1.54) is 32.1 Å². The van der Waals surface area contributed by atoms with Gasteiger partial charge in [-0.05, 0) is 31.6 Å². The molecule has 22 heavy (non-hydrogen) atoms. The van der Waals surface area contributed by atoms with Crippen molar-refractivity contribution in [2.75, 3.05) is 6.54 Å². The smallest absolute Gasteiger partial charge is 0.221 e. The normalized spacial score (nSPS) is 20.8. The lowest BCUT2D eigenvalue weighted by Crippen LogP contribution is -2.38. The van der Waals surface area contributed by atoms with Gasteiger partial charge in [-0.2, -0.15) is 5.10 Å². The van der Waals surface area contributed by atoms with Gasteiger partial charge in [0.15, 0.2) is 0 Å². The summed E-state index contributed by atoms with van der Waals surface area (Å²) in [5, 5.41) is 10.8.